The maximum absolute atomic E-state index is 12.8. The molecule has 1 aromatic carbocycles. The lowest BCUT2D eigenvalue weighted by molar-refractivity contribution is 0.0600. The van der Waals surface area contributed by atoms with Crippen molar-refractivity contribution in [3.05, 3.63) is 57.7 Å². The number of benzene rings is 1. The van der Waals surface area contributed by atoms with Crippen LogP contribution in [0.2, 0.25) is 5.02 Å². The summed E-state index contributed by atoms with van der Waals surface area (Å²) in [5.74, 6) is 0.177. The highest BCUT2D eigenvalue weighted by atomic mass is 35.5. The third-order valence-corrected chi connectivity index (χ3v) is 5.49. The van der Waals surface area contributed by atoms with Crippen LogP contribution in [-0.2, 0) is 11.2 Å². The number of carbonyl (C=O) groups is 2. The molecule has 0 radical (unpaired) electrons. The number of aromatic nitrogens is 1. The van der Waals surface area contributed by atoms with Gasteiger partial charge in [0.25, 0.3) is 5.91 Å². The van der Waals surface area contributed by atoms with Gasteiger partial charge in [-0.05, 0) is 56.4 Å². The van der Waals surface area contributed by atoms with E-state index in [9.17, 15) is 9.59 Å². The van der Waals surface area contributed by atoms with Crippen LogP contribution < -0.4 is 10.2 Å². The van der Waals surface area contributed by atoms with Gasteiger partial charge < -0.3 is 15.0 Å². The zero-order chi connectivity index (χ0) is 20.8. The van der Waals surface area contributed by atoms with E-state index in [-0.39, 0.29) is 11.9 Å². The monoisotopic (exact) mass is 415 g/mol. The quantitative estimate of drug-likeness (QED) is 0.726. The first-order valence-corrected chi connectivity index (χ1v) is 10.2. The molecule has 1 amide bonds. The van der Waals surface area contributed by atoms with Gasteiger partial charge in [0.05, 0.1) is 29.0 Å². The molecule has 1 aliphatic rings. The lowest BCUT2D eigenvalue weighted by Gasteiger charge is -2.29. The molecule has 0 atom stereocenters. The van der Waals surface area contributed by atoms with Gasteiger partial charge in [0.15, 0.2) is 0 Å². The van der Waals surface area contributed by atoms with Crippen molar-refractivity contribution in [2.24, 2.45) is 0 Å². The van der Waals surface area contributed by atoms with Crippen molar-refractivity contribution < 1.29 is 14.3 Å². The average molecular weight is 416 g/mol. The molecule has 0 saturated carbocycles. The zero-order valence-electron chi connectivity index (χ0n) is 16.8. The summed E-state index contributed by atoms with van der Waals surface area (Å²) >= 11 is 6.25. The SMILES string of the molecule is COC(=O)c1ccc(CCNC(=O)c2cc(Cl)c(C)nc2N2CCCCC2)cc1. The normalized spacial score (nSPS) is 13.8. The van der Waals surface area contributed by atoms with Gasteiger partial charge >= 0.3 is 5.97 Å². The molecular weight excluding hydrogens is 390 g/mol. The summed E-state index contributed by atoms with van der Waals surface area (Å²) in [5, 5.41) is 3.46. The smallest absolute Gasteiger partial charge is 0.337 e. The number of rotatable bonds is 6. The van der Waals surface area contributed by atoms with E-state index >= 15 is 0 Å². The van der Waals surface area contributed by atoms with Crippen LogP contribution in [0.4, 0.5) is 5.82 Å². The van der Waals surface area contributed by atoms with Gasteiger partial charge in [-0.25, -0.2) is 9.78 Å². The highest BCUT2D eigenvalue weighted by Crippen LogP contribution is 2.26. The van der Waals surface area contributed by atoms with Crippen LogP contribution in [0.15, 0.2) is 30.3 Å². The summed E-state index contributed by atoms with van der Waals surface area (Å²) in [5.41, 5.74) is 2.78. The summed E-state index contributed by atoms with van der Waals surface area (Å²) in [7, 11) is 1.36. The van der Waals surface area contributed by atoms with Crippen LogP contribution >= 0.6 is 11.6 Å². The average Bonchev–Trinajstić information content (AvgIpc) is 2.75. The van der Waals surface area contributed by atoms with Gasteiger partial charge in [-0.15, -0.1) is 0 Å². The van der Waals surface area contributed by atoms with E-state index in [4.69, 9.17) is 16.3 Å². The van der Waals surface area contributed by atoms with Gasteiger partial charge in [0.1, 0.15) is 5.82 Å². The molecule has 29 heavy (non-hydrogen) atoms. The van der Waals surface area contributed by atoms with E-state index in [0.717, 1.165) is 37.2 Å². The second kappa shape index (κ2) is 9.74. The van der Waals surface area contributed by atoms with Gasteiger partial charge in [-0.3, -0.25) is 4.79 Å². The van der Waals surface area contributed by atoms with Crippen molar-refractivity contribution in [2.45, 2.75) is 32.6 Å². The Morgan fingerprint density at radius 1 is 1.17 bits per heavy atom. The molecule has 0 bridgehead atoms. The van der Waals surface area contributed by atoms with Crippen LogP contribution in [-0.4, -0.2) is 43.6 Å². The standard InChI is InChI=1S/C22H26ClN3O3/c1-15-19(23)14-18(20(25-15)26-12-4-3-5-13-26)21(27)24-11-10-16-6-8-17(9-7-16)22(28)29-2/h6-9,14H,3-5,10-13H2,1-2H3,(H,24,27). The largest absolute Gasteiger partial charge is 0.465 e. The minimum absolute atomic E-state index is 0.175. The summed E-state index contributed by atoms with van der Waals surface area (Å²) in [6.45, 7) is 4.14. The predicted octanol–water partition coefficient (Wildman–Crippen LogP) is 3.79. The summed E-state index contributed by atoms with van der Waals surface area (Å²) in [6.07, 6.45) is 4.07. The Labute approximate surface area is 176 Å². The zero-order valence-corrected chi connectivity index (χ0v) is 17.6. The maximum atomic E-state index is 12.8. The number of hydrogen-bond acceptors (Lipinski definition) is 5. The van der Waals surface area contributed by atoms with Crippen molar-refractivity contribution in [3.63, 3.8) is 0 Å². The van der Waals surface area contributed by atoms with Crippen LogP contribution in [0.25, 0.3) is 0 Å². The van der Waals surface area contributed by atoms with Gasteiger partial charge in [0.2, 0.25) is 0 Å². The number of methoxy groups -OCH3 is 1. The lowest BCUT2D eigenvalue weighted by atomic mass is 10.1. The number of nitrogens with zero attached hydrogens (tertiary/aromatic N) is 2. The lowest BCUT2D eigenvalue weighted by Crippen LogP contribution is -2.34. The maximum Gasteiger partial charge on any atom is 0.337 e. The van der Waals surface area contributed by atoms with Crippen LogP contribution in [0.1, 0.15) is 51.2 Å². The molecule has 2 aromatic rings. The van der Waals surface area contributed by atoms with Crippen molar-refractivity contribution in [2.75, 3.05) is 31.6 Å². The Hall–Kier alpha value is -2.60. The van der Waals surface area contributed by atoms with E-state index in [1.165, 1.54) is 13.5 Å². The first-order valence-electron chi connectivity index (χ1n) is 9.87. The highest BCUT2D eigenvalue weighted by molar-refractivity contribution is 6.31. The molecule has 2 heterocycles. The van der Waals surface area contributed by atoms with Crippen molar-refractivity contribution in [1.29, 1.82) is 0 Å². The fourth-order valence-corrected chi connectivity index (χ4v) is 3.57. The summed E-state index contributed by atoms with van der Waals surface area (Å²) < 4.78 is 4.70. The predicted molar refractivity (Wildman–Crippen MR) is 114 cm³/mol. The Morgan fingerprint density at radius 3 is 2.52 bits per heavy atom. The summed E-state index contributed by atoms with van der Waals surface area (Å²) in [6, 6.07) is 8.89. The Kier molecular flexibility index (Phi) is 7.09. The fraction of sp³-hybridized carbons (Fsp3) is 0.409. The first-order chi connectivity index (χ1) is 14.0. The molecule has 1 saturated heterocycles. The van der Waals surface area contributed by atoms with Crippen molar-refractivity contribution in [1.82, 2.24) is 10.3 Å². The summed E-state index contributed by atoms with van der Waals surface area (Å²) in [4.78, 5) is 31.1. The number of halogens is 1. The molecule has 1 N–H and O–H groups in total. The van der Waals surface area contributed by atoms with Gasteiger partial charge in [-0.1, -0.05) is 23.7 Å². The molecular formula is C22H26ClN3O3. The van der Waals surface area contributed by atoms with Crippen LogP contribution in [0, 0.1) is 6.92 Å². The molecule has 6 nitrogen and oxygen atoms in total. The molecule has 0 aliphatic carbocycles. The van der Waals surface area contributed by atoms with Gasteiger partial charge in [-0.2, -0.15) is 0 Å². The van der Waals surface area contributed by atoms with E-state index in [0.29, 0.717) is 34.9 Å². The van der Waals surface area contributed by atoms with E-state index in [1.54, 1.807) is 18.2 Å². The molecule has 1 fully saturated rings. The number of amides is 1. The topological polar surface area (TPSA) is 71.5 Å². The van der Waals surface area contributed by atoms with E-state index < -0.39 is 0 Å². The number of piperidine rings is 1. The Bertz CT molecular complexity index is 878. The van der Waals surface area contributed by atoms with Crippen molar-refractivity contribution >= 4 is 29.3 Å². The third-order valence-electron chi connectivity index (χ3n) is 5.11. The van der Waals surface area contributed by atoms with E-state index in [2.05, 4.69) is 15.2 Å². The number of esters is 1. The minimum atomic E-state index is -0.362. The number of nitrogens with one attached hydrogen (secondary N) is 1. The second-order valence-corrected chi connectivity index (χ2v) is 7.58. The Balaban J connectivity index is 1.65. The first kappa shape index (κ1) is 21.1. The van der Waals surface area contributed by atoms with Gasteiger partial charge in [0, 0.05) is 19.6 Å². The van der Waals surface area contributed by atoms with Crippen LogP contribution in [0.3, 0.4) is 0 Å². The highest BCUT2D eigenvalue weighted by Gasteiger charge is 2.21. The fourth-order valence-electron chi connectivity index (χ4n) is 3.42. The van der Waals surface area contributed by atoms with E-state index in [1.807, 2.05) is 19.1 Å². The molecule has 0 spiro atoms. The minimum Gasteiger partial charge on any atom is -0.465 e. The van der Waals surface area contributed by atoms with Crippen LogP contribution in [0.5, 0.6) is 0 Å². The number of pyridine rings is 1. The molecule has 0 unspecified atom stereocenters. The molecule has 154 valence electrons. The molecule has 1 aliphatic heterocycles. The second-order valence-electron chi connectivity index (χ2n) is 7.17. The number of hydrogen-bond donors (Lipinski definition) is 1. The molecule has 1 aromatic heterocycles. The van der Waals surface area contributed by atoms with Crippen molar-refractivity contribution in [3.8, 4) is 0 Å². The Morgan fingerprint density at radius 2 is 1.86 bits per heavy atom. The number of carbonyl (C=O) groups excluding carboxylic acids is 2. The molecule has 7 heteroatoms. The number of aryl methyl sites for hydroxylation is 1. The third kappa shape index (κ3) is 5.26. The number of ether oxygens (including phenoxy) is 1. The molecule has 3 rings (SSSR count). The number of anilines is 1.